The molecule has 0 bridgehead atoms. The summed E-state index contributed by atoms with van der Waals surface area (Å²) < 4.78 is 0.858. The monoisotopic (exact) mass is 294 g/mol. The maximum Gasteiger partial charge on any atom is 0.0931 e. The summed E-state index contributed by atoms with van der Waals surface area (Å²) in [5, 5.41) is 0. The number of rotatable bonds is 6. The molecule has 2 nitrogen and oxygen atoms in total. The van der Waals surface area contributed by atoms with Gasteiger partial charge in [0.05, 0.1) is 4.34 Å². The van der Waals surface area contributed by atoms with Crippen LogP contribution in [0.2, 0.25) is 4.34 Å². The van der Waals surface area contributed by atoms with Crippen molar-refractivity contribution in [2.45, 2.75) is 19.5 Å². The largest absolute Gasteiger partial charge is 0.326 e. The van der Waals surface area contributed by atoms with Crippen LogP contribution in [-0.4, -0.2) is 18.5 Å². The van der Waals surface area contributed by atoms with Gasteiger partial charge in [0, 0.05) is 24.5 Å². The van der Waals surface area contributed by atoms with E-state index in [2.05, 4.69) is 36.2 Å². The van der Waals surface area contributed by atoms with Crippen molar-refractivity contribution in [2.75, 3.05) is 13.6 Å². The second-order valence-electron chi connectivity index (χ2n) is 4.67. The van der Waals surface area contributed by atoms with Crippen LogP contribution in [0.3, 0.4) is 0 Å². The highest BCUT2D eigenvalue weighted by Gasteiger charge is 2.05. The average Bonchev–Trinajstić information content (AvgIpc) is 2.82. The molecule has 0 saturated heterocycles. The van der Waals surface area contributed by atoms with E-state index in [0.717, 1.165) is 23.8 Å². The van der Waals surface area contributed by atoms with E-state index in [-0.39, 0.29) is 0 Å². The number of halogens is 1. The predicted molar refractivity (Wildman–Crippen MR) is 83.7 cm³/mol. The Bertz CT molecular complexity index is 524. The Labute approximate surface area is 123 Å². The van der Waals surface area contributed by atoms with E-state index in [1.165, 1.54) is 16.0 Å². The molecule has 0 saturated carbocycles. The topological polar surface area (TPSA) is 29.3 Å². The van der Waals surface area contributed by atoms with Crippen LogP contribution in [0, 0.1) is 0 Å². The van der Waals surface area contributed by atoms with Gasteiger partial charge in [-0.3, -0.25) is 0 Å². The van der Waals surface area contributed by atoms with E-state index in [0.29, 0.717) is 6.54 Å². The van der Waals surface area contributed by atoms with Crippen LogP contribution in [0.25, 0.3) is 0 Å². The minimum Gasteiger partial charge on any atom is -0.326 e. The Hall–Kier alpha value is -0.870. The molecule has 0 spiro atoms. The minimum absolute atomic E-state index is 0.612. The molecular weight excluding hydrogens is 276 g/mol. The maximum atomic E-state index is 5.94. The van der Waals surface area contributed by atoms with Crippen LogP contribution in [-0.2, 0) is 19.5 Å². The lowest BCUT2D eigenvalue weighted by atomic mass is 10.0. The third-order valence-electron chi connectivity index (χ3n) is 3.16. The summed E-state index contributed by atoms with van der Waals surface area (Å²) in [4.78, 5) is 3.62. The molecule has 4 heteroatoms. The molecule has 2 aromatic rings. The lowest BCUT2D eigenvalue weighted by Gasteiger charge is -2.16. The normalized spacial score (nSPS) is 11.2. The Kier molecular flexibility index (Phi) is 5.40. The van der Waals surface area contributed by atoms with E-state index < -0.39 is 0 Å². The van der Waals surface area contributed by atoms with Gasteiger partial charge in [-0.05, 0) is 36.7 Å². The third-order valence-corrected chi connectivity index (χ3v) is 4.37. The molecule has 1 aromatic carbocycles. The zero-order chi connectivity index (χ0) is 13.7. The molecule has 0 fully saturated rings. The standard InChI is InChI=1S/C15H19ClN2S/c1-18(11-14-6-7-15(16)19-14)9-8-12-4-2-3-5-13(12)10-17/h2-7H,8-11,17H2,1H3. The number of benzene rings is 1. The van der Waals surface area contributed by atoms with Crippen molar-refractivity contribution in [3.63, 3.8) is 0 Å². The fourth-order valence-electron chi connectivity index (χ4n) is 2.09. The number of likely N-dealkylation sites (N-methyl/N-ethyl adjacent to an activating group) is 1. The van der Waals surface area contributed by atoms with Gasteiger partial charge in [0.2, 0.25) is 0 Å². The summed E-state index contributed by atoms with van der Waals surface area (Å²) in [7, 11) is 2.14. The molecular formula is C15H19ClN2S. The van der Waals surface area contributed by atoms with Gasteiger partial charge in [0.25, 0.3) is 0 Å². The molecule has 2 N–H and O–H groups in total. The van der Waals surface area contributed by atoms with Crippen molar-refractivity contribution in [1.82, 2.24) is 4.90 Å². The van der Waals surface area contributed by atoms with E-state index in [1.807, 2.05) is 12.1 Å². The Balaban J connectivity index is 1.87. The van der Waals surface area contributed by atoms with Crippen LogP contribution >= 0.6 is 22.9 Å². The third kappa shape index (κ3) is 4.32. The Morgan fingerprint density at radius 1 is 1.16 bits per heavy atom. The second-order valence-corrected chi connectivity index (χ2v) is 6.47. The fraction of sp³-hybridized carbons (Fsp3) is 0.333. The highest BCUT2D eigenvalue weighted by molar-refractivity contribution is 7.16. The number of thiophene rings is 1. The van der Waals surface area contributed by atoms with Crippen molar-refractivity contribution in [2.24, 2.45) is 5.73 Å². The van der Waals surface area contributed by atoms with Crippen molar-refractivity contribution < 1.29 is 0 Å². The molecule has 19 heavy (non-hydrogen) atoms. The first-order valence-electron chi connectivity index (χ1n) is 6.38. The van der Waals surface area contributed by atoms with Gasteiger partial charge in [0.1, 0.15) is 0 Å². The van der Waals surface area contributed by atoms with Crippen molar-refractivity contribution >= 4 is 22.9 Å². The minimum atomic E-state index is 0.612. The first-order valence-corrected chi connectivity index (χ1v) is 7.58. The summed E-state index contributed by atoms with van der Waals surface area (Å²) in [6.07, 6.45) is 1.03. The first-order chi connectivity index (χ1) is 9.19. The van der Waals surface area contributed by atoms with Gasteiger partial charge in [0.15, 0.2) is 0 Å². The van der Waals surface area contributed by atoms with Crippen molar-refractivity contribution in [1.29, 1.82) is 0 Å². The van der Waals surface area contributed by atoms with E-state index in [9.17, 15) is 0 Å². The van der Waals surface area contributed by atoms with E-state index >= 15 is 0 Å². The van der Waals surface area contributed by atoms with Crippen LogP contribution < -0.4 is 5.73 Å². The van der Waals surface area contributed by atoms with E-state index in [1.54, 1.807) is 11.3 Å². The summed E-state index contributed by atoms with van der Waals surface area (Å²) in [5.74, 6) is 0. The lowest BCUT2D eigenvalue weighted by Crippen LogP contribution is -2.20. The van der Waals surface area contributed by atoms with Crippen LogP contribution in [0.1, 0.15) is 16.0 Å². The SMILES string of the molecule is CN(CCc1ccccc1CN)Cc1ccc(Cl)s1. The molecule has 0 radical (unpaired) electrons. The average molecular weight is 295 g/mol. The number of nitrogens with two attached hydrogens (primary N) is 1. The summed E-state index contributed by atoms with van der Waals surface area (Å²) in [6.45, 7) is 2.58. The van der Waals surface area contributed by atoms with Crippen LogP contribution in [0.5, 0.6) is 0 Å². The van der Waals surface area contributed by atoms with E-state index in [4.69, 9.17) is 17.3 Å². The van der Waals surface area contributed by atoms with Gasteiger partial charge in [-0.15, -0.1) is 11.3 Å². The number of hydrogen-bond donors (Lipinski definition) is 1. The predicted octanol–water partition coefficient (Wildman–Crippen LogP) is 3.53. The second kappa shape index (κ2) is 7.06. The Morgan fingerprint density at radius 2 is 1.89 bits per heavy atom. The van der Waals surface area contributed by atoms with Gasteiger partial charge >= 0.3 is 0 Å². The fourth-order valence-corrected chi connectivity index (χ4v) is 3.26. The molecule has 0 unspecified atom stereocenters. The van der Waals surface area contributed by atoms with Crippen molar-refractivity contribution in [3.8, 4) is 0 Å². The molecule has 0 aliphatic rings. The summed E-state index contributed by atoms with van der Waals surface area (Å²) >= 11 is 7.59. The van der Waals surface area contributed by atoms with Crippen LogP contribution in [0.4, 0.5) is 0 Å². The first kappa shape index (κ1) is 14.5. The highest BCUT2D eigenvalue weighted by atomic mass is 35.5. The van der Waals surface area contributed by atoms with Crippen molar-refractivity contribution in [3.05, 3.63) is 56.7 Å². The molecule has 0 aliphatic carbocycles. The number of hydrogen-bond acceptors (Lipinski definition) is 3. The zero-order valence-electron chi connectivity index (χ0n) is 11.1. The lowest BCUT2D eigenvalue weighted by molar-refractivity contribution is 0.334. The maximum absolute atomic E-state index is 5.94. The number of nitrogens with zero attached hydrogens (tertiary/aromatic N) is 1. The molecule has 0 atom stereocenters. The quantitative estimate of drug-likeness (QED) is 0.883. The highest BCUT2D eigenvalue weighted by Crippen LogP contribution is 2.22. The van der Waals surface area contributed by atoms with Gasteiger partial charge < -0.3 is 10.6 Å². The van der Waals surface area contributed by atoms with Crippen LogP contribution in [0.15, 0.2) is 36.4 Å². The van der Waals surface area contributed by atoms with Gasteiger partial charge in [-0.1, -0.05) is 35.9 Å². The van der Waals surface area contributed by atoms with Gasteiger partial charge in [-0.25, -0.2) is 0 Å². The zero-order valence-corrected chi connectivity index (χ0v) is 12.7. The van der Waals surface area contributed by atoms with Gasteiger partial charge in [-0.2, -0.15) is 0 Å². The molecule has 2 rings (SSSR count). The molecule has 102 valence electrons. The molecule has 0 aliphatic heterocycles. The molecule has 1 heterocycles. The molecule has 1 aromatic heterocycles. The summed E-state index contributed by atoms with van der Waals surface area (Å²) in [5.41, 5.74) is 8.35. The summed E-state index contributed by atoms with van der Waals surface area (Å²) in [6, 6.07) is 12.4. The smallest absolute Gasteiger partial charge is 0.0931 e. The molecule has 0 amide bonds. The Morgan fingerprint density at radius 3 is 2.53 bits per heavy atom.